The van der Waals surface area contributed by atoms with Gasteiger partial charge in [-0.25, -0.2) is 9.37 Å². The number of nitrogens with zero attached hydrogens (tertiary/aromatic N) is 4. The molecule has 26 heavy (non-hydrogen) atoms. The Hall–Kier alpha value is -2.67. The zero-order valence-electron chi connectivity index (χ0n) is 15.4. The number of piperazine rings is 1. The van der Waals surface area contributed by atoms with E-state index in [0.29, 0.717) is 11.4 Å². The summed E-state index contributed by atoms with van der Waals surface area (Å²) in [6.07, 6.45) is 1.64. The second kappa shape index (κ2) is 7.70. The molecule has 2 aromatic rings. The molecule has 1 aliphatic rings. The van der Waals surface area contributed by atoms with E-state index < -0.39 is 5.82 Å². The first-order valence-electron chi connectivity index (χ1n) is 8.62. The number of nitrogens with one attached hydrogen (secondary N) is 1. The fourth-order valence-electron chi connectivity index (χ4n) is 2.90. The lowest BCUT2D eigenvalue weighted by Gasteiger charge is -2.33. The number of amides is 1. The summed E-state index contributed by atoms with van der Waals surface area (Å²) in [6.45, 7) is 3.89. The smallest absolute Gasteiger partial charge is 0.255 e. The maximum absolute atomic E-state index is 14.0. The van der Waals surface area contributed by atoms with Crippen molar-refractivity contribution in [2.75, 3.05) is 62.4 Å². The van der Waals surface area contributed by atoms with Gasteiger partial charge in [0.15, 0.2) is 0 Å². The van der Waals surface area contributed by atoms with Crippen LogP contribution in [0.5, 0.6) is 0 Å². The molecule has 6 nitrogen and oxygen atoms in total. The van der Waals surface area contributed by atoms with Gasteiger partial charge in [0.1, 0.15) is 11.6 Å². The molecule has 0 aliphatic carbocycles. The molecule has 0 atom stereocenters. The van der Waals surface area contributed by atoms with Crippen molar-refractivity contribution in [2.24, 2.45) is 0 Å². The highest BCUT2D eigenvalue weighted by Crippen LogP contribution is 2.20. The third-order valence-electron chi connectivity index (χ3n) is 4.52. The predicted octanol–water partition coefficient (Wildman–Crippen LogP) is 2.29. The van der Waals surface area contributed by atoms with E-state index in [1.807, 2.05) is 12.1 Å². The van der Waals surface area contributed by atoms with Gasteiger partial charge in [-0.3, -0.25) is 4.79 Å². The summed E-state index contributed by atoms with van der Waals surface area (Å²) in [5.41, 5.74) is 1.31. The Morgan fingerprint density at radius 2 is 1.88 bits per heavy atom. The summed E-state index contributed by atoms with van der Waals surface area (Å²) in [6, 6.07) is 8.18. The van der Waals surface area contributed by atoms with Crippen molar-refractivity contribution in [1.82, 2.24) is 9.88 Å². The Morgan fingerprint density at radius 3 is 2.46 bits per heavy atom. The number of rotatable bonds is 4. The summed E-state index contributed by atoms with van der Waals surface area (Å²) < 4.78 is 14.0. The first-order chi connectivity index (χ1) is 12.4. The van der Waals surface area contributed by atoms with Gasteiger partial charge in [0, 0.05) is 45.8 Å². The van der Waals surface area contributed by atoms with Crippen LogP contribution in [0, 0.1) is 5.82 Å². The molecule has 1 aliphatic heterocycles. The Morgan fingerprint density at radius 1 is 1.15 bits per heavy atom. The van der Waals surface area contributed by atoms with Gasteiger partial charge in [-0.05, 0) is 37.4 Å². The van der Waals surface area contributed by atoms with Gasteiger partial charge < -0.3 is 20.0 Å². The Labute approximate surface area is 153 Å². The molecule has 7 heteroatoms. The van der Waals surface area contributed by atoms with Crippen molar-refractivity contribution in [3.05, 3.63) is 47.9 Å². The lowest BCUT2D eigenvalue weighted by Crippen LogP contribution is -2.44. The number of halogens is 1. The summed E-state index contributed by atoms with van der Waals surface area (Å²) in [7, 11) is 5.62. The minimum atomic E-state index is -0.425. The Kier molecular flexibility index (Phi) is 5.37. The standard InChI is InChI=1S/C19H24FN5O/c1-23(2)17-6-4-14(12-16(17)20)19(26)22-15-5-7-18(21-13-15)25-10-8-24(3)9-11-25/h4-7,12-13H,8-11H2,1-3H3,(H,22,26). The number of hydrogen-bond donors (Lipinski definition) is 1. The molecule has 2 heterocycles. The SMILES string of the molecule is CN1CCN(c2ccc(NC(=O)c3ccc(N(C)C)c(F)c3)cn2)CC1. The van der Waals surface area contributed by atoms with E-state index in [2.05, 4.69) is 27.1 Å². The van der Waals surface area contributed by atoms with Gasteiger partial charge in [-0.1, -0.05) is 0 Å². The molecule has 3 rings (SSSR count). The van der Waals surface area contributed by atoms with Crippen LogP contribution >= 0.6 is 0 Å². The minimum Gasteiger partial charge on any atom is -0.375 e. The van der Waals surface area contributed by atoms with Gasteiger partial charge in [-0.15, -0.1) is 0 Å². The van der Waals surface area contributed by atoms with Crippen LogP contribution in [-0.2, 0) is 0 Å². The monoisotopic (exact) mass is 357 g/mol. The molecule has 1 fully saturated rings. The van der Waals surface area contributed by atoms with E-state index in [0.717, 1.165) is 32.0 Å². The number of carbonyl (C=O) groups is 1. The van der Waals surface area contributed by atoms with E-state index in [9.17, 15) is 9.18 Å². The van der Waals surface area contributed by atoms with Gasteiger partial charge in [0.25, 0.3) is 5.91 Å². The number of likely N-dealkylation sites (N-methyl/N-ethyl adjacent to an activating group) is 1. The van der Waals surface area contributed by atoms with Crippen molar-refractivity contribution in [3.63, 3.8) is 0 Å². The maximum Gasteiger partial charge on any atom is 0.255 e. The van der Waals surface area contributed by atoms with E-state index >= 15 is 0 Å². The van der Waals surface area contributed by atoms with Crippen molar-refractivity contribution >= 4 is 23.1 Å². The molecule has 1 amide bonds. The second-order valence-corrected chi connectivity index (χ2v) is 6.71. The molecule has 1 aromatic carbocycles. The molecular formula is C19H24FN5O. The Balaban J connectivity index is 1.65. The molecule has 0 spiro atoms. The summed E-state index contributed by atoms with van der Waals surface area (Å²) >= 11 is 0. The number of pyridine rings is 1. The van der Waals surface area contributed by atoms with E-state index in [4.69, 9.17) is 0 Å². The molecular weight excluding hydrogens is 333 g/mol. The van der Waals surface area contributed by atoms with Crippen LogP contribution in [-0.4, -0.2) is 63.1 Å². The number of benzene rings is 1. The molecule has 1 N–H and O–H groups in total. The fourth-order valence-corrected chi connectivity index (χ4v) is 2.90. The van der Waals surface area contributed by atoms with Crippen LogP contribution in [0.2, 0.25) is 0 Å². The molecule has 138 valence electrons. The number of carbonyl (C=O) groups excluding carboxylic acids is 1. The largest absolute Gasteiger partial charge is 0.375 e. The average molecular weight is 357 g/mol. The first-order valence-corrected chi connectivity index (χ1v) is 8.62. The summed E-state index contributed by atoms with van der Waals surface area (Å²) in [5, 5.41) is 2.76. The first kappa shape index (κ1) is 18.1. The molecule has 0 unspecified atom stereocenters. The van der Waals surface area contributed by atoms with Crippen LogP contribution < -0.4 is 15.1 Å². The van der Waals surface area contributed by atoms with Crippen LogP contribution in [0.3, 0.4) is 0 Å². The van der Waals surface area contributed by atoms with Gasteiger partial charge in [0.2, 0.25) is 0 Å². The topological polar surface area (TPSA) is 51.7 Å². The van der Waals surface area contributed by atoms with Gasteiger partial charge in [-0.2, -0.15) is 0 Å². The second-order valence-electron chi connectivity index (χ2n) is 6.71. The third kappa shape index (κ3) is 4.11. The van der Waals surface area contributed by atoms with E-state index in [-0.39, 0.29) is 11.5 Å². The van der Waals surface area contributed by atoms with Gasteiger partial charge >= 0.3 is 0 Å². The zero-order chi connectivity index (χ0) is 18.7. The normalized spacial score (nSPS) is 15.0. The van der Waals surface area contributed by atoms with E-state index in [1.54, 1.807) is 37.3 Å². The number of aromatic nitrogens is 1. The predicted molar refractivity (Wildman–Crippen MR) is 103 cm³/mol. The lowest BCUT2D eigenvalue weighted by molar-refractivity contribution is 0.102. The number of anilines is 3. The van der Waals surface area contributed by atoms with Crippen molar-refractivity contribution in [1.29, 1.82) is 0 Å². The highest BCUT2D eigenvalue weighted by atomic mass is 19.1. The molecule has 1 saturated heterocycles. The van der Waals surface area contributed by atoms with Crippen molar-refractivity contribution in [2.45, 2.75) is 0 Å². The Bertz CT molecular complexity index is 770. The zero-order valence-corrected chi connectivity index (χ0v) is 15.4. The molecule has 0 radical (unpaired) electrons. The summed E-state index contributed by atoms with van der Waals surface area (Å²) in [5.74, 6) is 0.118. The van der Waals surface area contributed by atoms with Crippen LogP contribution in [0.15, 0.2) is 36.5 Å². The highest BCUT2D eigenvalue weighted by Gasteiger charge is 2.15. The van der Waals surface area contributed by atoms with Crippen LogP contribution in [0.4, 0.5) is 21.6 Å². The lowest BCUT2D eigenvalue weighted by atomic mass is 10.1. The van der Waals surface area contributed by atoms with Crippen molar-refractivity contribution < 1.29 is 9.18 Å². The molecule has 0 bridgehead atoms. The minimum absolute atomic E-state index is 0.274. The van der Waals surface area contributed by atoms with Gasteiger partial charge in [0.05, 0.1) is 17.6 Å². The van der Waals surface area contributed by atoms with Crippen LogP contribution in [0.25, 0.3) is 0 Å². The van der Waals surface area contributed by atoms with E-state index in [1.165, 1.54) is 6.07 Å². The summed E-state index contributed by atoms with van der Waals surface area (Å²) in [4.78, 5) is 22.9. The van der Waals surface area contributed by atoms with Crippen molar-refractivity contribution in [3.8, 4) is 0 Å². The number of hydrogen-bond acceptors (Lipinski definition) is 5. The molecule has 0 saturated carbocycles. The van der Waals surface area contributed by atoms with Crippen LogP contribution in [0.1, 0.15) is 10.4 Å². The maximum atomic E-state index is 14.0. The average Bonchev–Trinajstić information content (AvgIpc) is 2.62. The third-order valence-corrected chi connectivity index (χ3v) is 4.52. The fraction of sp³-hybridized carbons (Fsp3) is 0.368. The molecule has 1 aromatic heterocycles. The highest BCUT2D eigenvalue weighted by molar-refractivity contribution is 6.04. The quantitative estimate of drug-likeness (QED) is 0.910.